The van der Waals surface area contributed by atoms with E-state index in [1.54, 1.807) is 11.3 Å². The first-order chi connectivity index (χ1) is 13.2. The summed E-state index contributed by atoms with van der Waals surface area (Å²) < 4.78 is 18.8. The average Bonchev–Trinajstić information content (AvgIpc) is 3.14. The first-order valence-electron chi connectivity index (χ1n) is 9.67. The predicted octanol–water partition coefficient (Wildman–Crippen LogP) is 3.57. The number of hydrogen-bond acceptors (Lipinski definition) is 4. The van der Waals surface area contributed by atoms with E-state index >= 15 is 0 Å². The lowest BCUT2D eigenvalue weighted by Crippen LogP contribution is -2.43. The van der Waals surface area contributed by atoms with Gasteiger partial charge in [0.25, 0.3) is 5.91 Å². The molecule has 6 heteroatoms. The zero-order valence-corrected chi connectivity index (χ0v) is 16.2. The highest BCUT2D eigenvalue weighted by Crippen LogP contribution is 2.30. The fraction of sp³-hybridized carbons (Fsp3) is 0.476. The number of morpholine rings is 1. The molecule has 0 bridgehead atoms. The molecule has 1 atom stereocenters. The molecule has 27 heavy (non-hydrogen) atoms. The van der Waals surface area contributed by atoms with Crippen LogP contribution in [0, 0.1) is 5.82 Å². The Labute approximate surface area is 163 Å². The third kappa shape index (κ3) is 4.23. The van der Waals surface area contributed by atoms with Gasteiger partial charge >= 0.3 is 0 Å². The highest BCUT2D eigenvalue weighted by molar-refractivity contribution is 7.10. The molecular formula is C21H25FN2O2S. The van der Waals surface area contributed by atoms with Crippen LogP contribution in [-0.4, -0.2) is 43.7 Å². The number of hydrogen-bond donors (Lipinski definition) is 1. The van der Waals surface area contributed by atoms with Crippen molar-refractivity contribution in [1.82, 2.24) is 10.2 Å². The van der Waals surface area contributed by atoms with Crippen molar-refractivity contribution in [2.24, 2.45) is 0 Å². The number of fused-ring (bicyclic) bond motifs is 1. The number of ether oxygens (including phenoxy) is 1. The maximum Gasteiger partial charge on any atom is 0.252 e. The van der Waals surface area contributed by atoms with E-state index in [9.17, 15) is 9.18 Å². The van der Waals surface area contributed by atoms with Gasteiger partial charge in [0, 0.05) is 29.9 Å². The van der Waals surface area contributed by atoms with Crippen LogP contribution in [0.15, 0.2) is 29.6 Å². The smallest absolute Gasteiger partial charge is 0.252 e. The number of thiophene rings is 1. The summed E-state index contributed by atoms with van der Waals surface area (Å²) >= 11 is 1.71. The molecule has 144 valence electrons. The fourth-order valence-corrected chi connectivity index (χ4v) is 5.13. The van der Waals surface area contributed by atoms with Crippen LogP contribution in [0.4, 0.5) is 4.39 Å². The molecule has 1 aromatic heterocycles. The summed E-state index contributed by atoms with van der Waals surface area (Å²) in [7, 11) is 0. The molecule has 1 fully saturated rings. The van der Waals surface area contributed by atoms with Gasteiger partial charge in [-0.1, -0.05) is 12.1 Å². The molecule has 2 aliphatic rings. The van der Waals surface area contributed by atoms with Crippen molar-refractivity contribution in [2.45, 2.75) is 31.7 Å². The van der Waals surface area contributed by atoms with E-state index in [0.717, 1.165) is 43.5 Å². The minimum Gasteiger partial charge on any atom is -0.379 e. The van der Waals surface area contributed by atoms with E-state index in [2.05, 4.69) is 10.2 Å². The Morgan fingerprint density at radius 2 is 1.93 bits per heavy atom. The Morgan fingerprint density at radius 3 is 2.70 bits per heavy atom. The average molecular weight is 389 g/mol. The predicted molar refractivity (Wildman–Crippen MR) is 105 cm³/mol. The maximum atomic E-state index is 13.4. The van der Waals surface area contributed by atoms with Gasteiger partial charge in [0.15, 0.2) is 0 Å². The van der Waals surface area contributed by atoms with Gasteiger partial charge in [-0.25, -0.2) is 4.39 Å². The molecule has 1 saturated heterocycles. The van der Waals surface area contributed by atoms with Crippen LogP contribution in [0.2, 0.25) is 0 Å². The molecule has 4 nitrogen and oxygen atoms in total. The van der Waals surface area contributed by atoms with Crippen LogP contribution in [0.25, 0.3) is 0 Å². The molecule has 0 unspecified atom stereocenters. The van der Waals surface area contributed by atoms with Gasteiger partial charge < -0.3 is 10.1 Å². The van der Waals surface area contributed by atoms with Gasteiger partial charge in [-0.3, -0.25) is 9.69 Å². The summed E-state index contributed by atoms with van der Waals surface area (Å²) in [4.78, 5) is 16.5. The highest BCUT2D eigenvalue weighted by atomic mass is 32.1. The van der Waals surface area contributed by atoms with E-state index in [4.69, 9.17) is 4.74 Å². The van der Waals surface area contributed by atoms with Gasteiger partial charge in [-0.2, -0.15) is 0 Å². The zero-order valence-electron chi connectivity index (χ0n) is 15.4. The Balaban J connectivity index is 1.48. The maximum absolute atomic E-state index is 13.4. The third-order valence-electron chi connectivity index (χ3n) is 5.50. The van der Waals surface area contributed by atoms with Crippen LogP contribution in [-0.2, 0) is 17.6 Å². The van der Waals surface area contributed by atoms with Gasteiger partial charge in [0.1, 0.15) is 5.82 Å². The summed E-state index contributed by atoms with van der Waals surface area (Å²) in [5.41, 5.74) is 3.11. The summed E-state index contributed by atoms with van der Waals surface area (Å²) in [6.07, 6.45) is 4.49. The normalized spacial score (nSPS) is 18.7. The third-order valence-corrected chi connectivity index (χ3v) is 6.59. The van der Waals surface area contributed by atoms with Crippen molar-refractivity contribution in [3.8, 4) is 0 Å². The van der Waals surface area contributed by atoms with E-state index < -0.39 is 0 Å². The summed E-state index contributed by atoms with van der Waals surface area (Å²) in [5.74, 6) is -0.233. The van der Waals surface area contributed by atoms with E-state index in [1.807, 2.05) is 17.5 Å². The van der Waals surface area contributed by atoms with Crippen LogP contribution in [0.5, 0.6) is 0 Å². The molecule has 2 heterocycles. The van der Waals surface area contributed by atoms with Crippen molar-refractivity contribution in [3.63, 3.8) is 0 Å². The number of amides is 1. The second-order valence-corrected chi connectivity index (χ2v) is 8.15. The second kappa shape index (κ2) is 8.50. The monoisotopic (exact) mass is 388 g/mol. The van der Waals surface area contributed by atoms with Crippen molar-refractivity contribution in [3.05, 3.63) is 57.0 Å². The minimum absolute atomic E-state index is 0.00905. The van der Waals surface area contributed by atoms with E-state index in [-0.39, 0.29) is 17.8 Å². The number of nitrogens with one attached hydrogen (secondary N) is 1. The van der Waals surface area contributed by atoms with Crippen LogP contribution < -0.4 is 5.32 Å². The Bertz CT molecular complexity index is 784. The van der Waals surface area contributed by atoms with E-state index in [0.29, 0.717) is 19.8 Å². The molecule has 4 rings (SSSR count). The first-order valence-corrected chi connectivity index (χ1v) is 10.5. The topological polar surface area (TPSA) is 41.6 Å². The molecule has 1 aliphatic carbocycles. The molecule has 2 aromatic rings. The number of rotatable bonds is 5. The molecule has 0 spiro atoms. The van der Waals surface area contributed by atoms with Crippen LogP contribution in [0.1, 0.15) is 45.2 Å². The lowest BCUT2D eigenvalue weighted by atomic mass is 9.95. The number of carbonyl (C=O) groups excluding carboxylic acids is 1. The molecular weight excluding hydrogens is 363 g/mol. The summed E-state index contributed by atoms with van der Waals surface area (Å²) in [5, 5.41) is 5.14. The largest absolute Gasteiger partial charge is 0.379 e. The number of benzene rings is 1. The van der Waals surface area contributed by atoms with Crippen LogP contribution in [0.3, 0.4) is 0 Å². The van der Waals surface area contributed by atoms with Gasteiger partial charge in [0.05, 0.1) is 24.8 Å². The second-order valence-electron chi connectivity index (χ2n) is 7.18. The first kappa shape index (κ1) is 18.6. The summed E-state index contributed by atoms with van der Waals surface area (Å²) in [6.45, 7) is 3.50. The zero-order chi connectivity index (χ0) is 18.6. The van der Waals surface area contributed by atoms with Crippen molar-refractivity contribution < 1.29 is 13.9 Å². The highest BCUT2D eigenvalue weighted by Gasteiger charge is 2.25. The molecule has 0 radical (unpaired) electrons. The van der Waals surface area contributed by atoms with E-state index in [1.165, 1.54) is 29.0 Å². The quantitative estimate of drug-likeness (QED) is 0.851. The summed E-state index contributed by atoms with van der Waals surface area (Å²) in [6, 6.07) is 6.62. The molecule has 1 N–H and O–H groups in total. The molecule has 1 amide bonds. The Kier molecular flexibility index (Phi) is 5.86. The fourth-order valence-electron chi connectivity index (χ4n) is 4.00. The lowest BCUT2D eigenvalue weighted by Gasteiger charge is -2.35. The number of carbonyl (C=O) groups is 1. The number of aryl methyl sites for hydroxylation is 1. The van der Waals surface area contributed by atoms with Crippen molar-refractivity contribution in [1.29, 1.82) is 0 Å². The Morgan fingerprint density at radius 1 is 1.19 bits per heavy atom. The molecule has 1 aromatic carbocycles. The van der Waals surface area contributed by atoms with Crippen molar-refractivity contribution in [2.75, 3.05) is 32.8 Å². The van der Waals surface area contributed by atoms with Gasteiger partial charge in [0.2, 0.25) is 0 Å². The minimum atomic E-state index is -0.242. The van der Waals surface area contributed by atoms with Gasteiger partial charge in [-0.05, 0) is 48.9 Å². The Hall–Kier alpha value is -1.76. The van der Waals surface area contributed by atoms with Crippen LogP contribution >= 0.6 is 11.3 Å². The lowest BCUT2D eigenvalue weighted by molar-refractivity contribution is 0.0162. The molecule has 0 saturated carbocycles. The number of nitrogens with zero attached hydrogens (tertiary/aromatic N) is 1. The SMILES string of the molecule is O=C(NC[C@@H](c1ccc(F)cc1)N1CCOCC1)c1csc2c1CCCC2. The number of halogens is 1. The van der Waals surface area contributed by atoms with Gasteiger partial charge in [-0.15, -0.1) is 11.3 Å². The van der Waals surface area contributed by atoms with Crippen molar-refractivity contribution >= 4 is 17.2 Å². The standard InChI is InChI=1S/C21H25FN2O2S/c22-16-7-5-15(6-8-16)19(24-9-11-26-12-10-24)13-23-21(25)18-14-27-20-4-2-1-3-17(18)20/h5-8,14,19H,1-4,9-13H2,(H,23,25)/t19-/m0/s1. The molecule has 1 aliphatic heterocycles.